The summed E-state index contributed by atoms with van der Waals surface area (Å²) in [7, 11) is 1.32. The molecule has 6 heteroatoms. The number of methoxy groups -OCH3 is 1. The van der Waals surface area contributed by atoms with Crippen LogP contribution in [0.25, 0.3) is 0 Å². The van der Waals surface area contributed by atoms with E-state index < -0.39 is 6.61 Å². The highest BCUT2D eigenvalue weighted by Crippen LogP contribution is 2.30. The molecule has 4 nitrogen and oxygen atoms in total. The van der Waals surface area contributed by atoms with Crippen LogP contribution in [0.2, 0.25) is 0 Å². The lowest BCUT2D eigenvalue weighted by molar-refractivity contribution is -0.0512. The van der Waals surface area contributed by atoms with E-state index in [0.29, 0.717) is 5.69 Å². The molecule has 0 fully saturated rings. The molecule has 0 aromatic heterocycles. The maximum Gasteiger partial charge on any atom is 0.387 e. The highest BCUT2D eigenvalue weighted by atomic mass is 19.3. The first-order chi connectivity index (χ1) is 10.9. The molecule has 0 aliphatic rings. The Morgan fingerprint density at radius 2 is 1.87 bits per heavy atom. The first kappa shape index (κ1) is 16.7. The Morgan fingerprint density at radius 1 is 1.13 bits per heavy atom. The van der Waals surface area contributed by atoms with Gasteiger partial charge in [-0.1, -0.05) is 12.1 Å². The number of alkyl halides is 2. The molecular weight excluding hydrogens is 304 g/mol. The molecule has 0 bridgehead atoms. The molecule has 23 heavy (non-hydrogen) atoms. The lowest BCUT2D eigenvalue weighted by atomic mass is 10.1. The molecule has 0 saturated heterocycles. The van der Waals surface area contributed by atoms with Gasteiger partial charge in [0.25, 0.3) is 5.91 Å². The summed E-state index contributed by atoms with van der Waals surface area (Å²) in [4.78, 5) is 12.3. The minimum absolute atomic E-state index is 0.0684. The Hall–Kier alpha value is -2.63. The fraction of sp³-hybridized carbons (Fsp3) is 0.235. The van der Waals surface area contributed by atoms with E-state index in [-0.39, 0.29) is 23.0 Å². The van der Waals surface area contributed by atoms with E-state index in [1.54, 1.807) is 6.07 Å². The van der Waals surface area contributed by atoms with E-state index in [2.05, 4.69) is 10.1 Å². The maximum absolute atomic E-state index is 12.3. The quantitative estimate of drug-likeness (QED) is 0.899. The summed E-state index contributed by atoms with van der Waals surface area (Å²) in [5, 5.41) is 2.80. The van der Waals surface area contributed by atoms with Gasteiger partial charge in [-0.25, -0.2) is 0 Å². The van der Waals surface area contributed by atoms with E-state index in [1.807, 2.05) is 26.0 Å². The van der Waals surface area contributed by atoms with Crippen molar-refractivity contribution in [3.63, 3.8) is 0 Å². The normalized spacial score (nSPS) is 10.5. The number of anilines is 1. The number of rotatable bonds is 5. The zero-order valence-electron chi connectivity index (χ0n) is 13.0. The van der Waals surface area contributed by atoms with Crippen LogP contribution in [0, 0.1) is 13.8 Å². The Kier molecular flexibility index (Phi) is 5.16. The fourth-order valence-corrected chi connectivity index (χ4v) is 2.08. The Balaban J connectivity index is 2.24. The molecule has 0 saturated carbocycles. The van der Waals surface area contributed by atoms with E-state index in [0.717, 1.165) is 11.1 Å². The van der Waals surface area contributed by atoms with Crippen LogP contribution in [0.3, 0.4) is 0 Å². The fourth-order valence-electron chi connectivity index (χ4n) is 2.08. The van der Waals surface area contributed by atoms with Gasteiger partial charge in [-0.15, -0.1) is 0 Å². The zero-order valence-corrected chi connectivity index (χ0v) is 13.0. The van der Waals surface area contributed by atoms with Gasteiger partial charge in [-0.2, -0.15) is 8.78 Å². The monoisotopic (exact) mass is 321 g/mol. The Labute approximate surface area is 133 Å². The average Bonchev–Trinajstić information content (AvgIpc) is 2.51. The molecular formula is C17H17F2NO3. The van der Waals surface area contributed by atoms with E-state index >= 15 is 0 Å². The third-order valence-electron chi connectivity index (χ3n) is 3.49. The first-order valence-corrected chi connectivity index (χ1v) is 6.92. The number of carbonyl (C=O) groups excluding carboxylic acids is 1. The van der Waals surface area contributed by atoms with Crippen molar-refractivity contribution in [2.75, 3.05) is 12.4 Å². The molecule has 2 aromatic carbocycles. The number of hydrogen-bond acceptors (Lipinski definition) is 3. The van der Waals surface area contributed by atoms with Crippen LogP contribution in [0.5, 0.6) is 11.5 Å². The van der Waals surface area contributed by atoms with Gasteiger partial charge >= 0.3 is 6.61 Å². The van der Waals surface area contributed by atoms with Crippen molar-refractivity contribution in [3.8, 4) is 11.5 Å². The predicted octanol–water partition coefficient (Wildman–Crippen LogP) is 4.17. The van der Waals surface area contributed by atoms with Gasteiger partial charge in [0.15, 0.2) is 11.5 Å². The third kappa shape index (κ3) is 3.97. The van der Waals surface area contributed by atoms with E-state index in [4.69, 9.17) is 4.74 Å². The van der Waals surface area contributed by atoms with Gasteiger partial charge < -0.3 is 14.8 Å². The molecule has 0 aliphatic carbocycles. The van der Waals surface area contributed by atoms with Crippen LogP contribution in [-0.2, 0) is 0 Å². The van der Waals surface area contributed by atoms with Crippen molar-refractivity contribution in [1.82, 2.24) is 0 Å². The number of benzene rings is 2. The predicted molar refractivity (Wildman–Crippen MR) is 83.5 cm³/mol. The molecule has 0 atom stereocenters. The van der Waals surface area contributed by atoms with Crippen LogP contribution in [0.4, 0.5) is 14.5 Å². The van der Waals surface area contributed by atoms with Crippen molar-refractivity contribution in [2.24, 2.45) is 0 Å². The molecule has 0 heterocycles. The summed E-state index contributed by atoms with van der Waals surface area (Å²) in [5.74, 6) is -0.412. The number of amides is 1. The first-order valence-electron chi connectivity index (χ1n) is 6.92. The summed E-state index contributed by atoms with van der Waals surface area (Å²) >= 11 is 0. The van der Waals surface area contributed by atoms with Gasteiger partial charge in [0, 0.05) is 11.3 Å². The summed E-state index contributed by atoms with van der Waals surface area (Å²) in [6.07, 6.45) is 0. The van der Waals surface area contributed by atoms with Gasteiger partial charge in [-0.05, 0) is 49.2 Å². The molecule has 0 radical (unpaired) electrons. The highest BCUT2D eigenvalue weighted by molar-refractivity contribution is 6.05. The second-order valence-corrected chi connectivity index (χ2v) is 4.95. The van der Waals surface area contributed by atoms with Crippen molar-refractivity contribution in [3.05, 3.63) is 53.1 Å². The molecule has 2 aromatic rings. The Bertz CT molecular complexity index is 717. The van der Waals surface area contributed by atoms with Crippen molar-refractivity contribution in [1.29, 1.82) is 0 Å². The second-order valence-electron chi connectivity index (χ2n) is 4.95. The van der Waals surface area contributed by atoms with Crippen LogP contribution >= 0.6 is 0 Å². The zero-order chi connectivity index (χ0) is 17.0. The van der Waals surface area contributed by atoms with E-state index in [9.17, 15) is 13.6 Å². The number of hydrogen-bond donors (Lipinski definition) is 1. The Morgan fingerprint density at radius 3 is 2.52 bits per heavy atom. The summed E-state index contributed by atoms with van der Waals surface area (Å²) in [6.45, 7) is 0.897. The number of halogens is 2. The van der Waals surface area contributed by atoms with Crippen LogP contribution in [-0.4, -0.2) is 19.6 Å². The highest BCUT2D eigenvalue weighted by Gasteiger charge is 2.15. The molecule has 1 N–H and O–H groups in total. The minimum Gasteiger partial charge on any atom is -0.493 e. The largest absolute Gasteiger partial charge is 0.493 e. The molecule has 0 aliphatic heterocycles. The van der Waals surface area contributed by atoms with Gasteiger partial charge in [0.2, 0.25) is 0 Å². The van der Waals surface area contributed by atoms with Crippen LogP contribution in [0.15, 0.2) is 36.4 Å². The second kappa shape index (κ2) is 7.09. The van der Waals surface area contributed by atoms with Gasteiger partial charge in [0.1, 0.15) is 0 Å². The van der Waals surface area contributed by atoms with Crippen molar-refractivity contribution < 1.29 is 23.0 Å². The topological polar surface area (TPSA) is 47.6 Å². The van der Waals surface area contributed by atoms with Crippen molar-refractivity contribution >= 4 is 11.6 Å². The van der Waals surface area contributed by atoms with Crippen LogP contribution < -0.4 is 14.8 Å². The number of carbonyl (C=O) groups is 1. The summed E-state index contributed by atoms with van der Waals surface area (Å²) in [5.41, 5.74) is 3.00. The lowest BCUT2D eigenvalue weighted by Gasteiger charge is -2.13. The molecule has 0 spiro atoms. The van der Waals surface area contributed by atoms with Crippen LogP contribution in [0.1, 0.15) is 21.5 Å². The molecule has 0 unspecified atom stereocenters. The number of ether oxygens (including phenoxy) is 2. The standard InChI is InChI=1S/C17H17F2NO3/c1-10-5-4-6-13(11(10)2)20-16(21)12-7-8-14(23-17(18)19)15(9-12)22-3/h4-9,17H,1-3H3,(H,20,21). The SMILES string of the molecule is COc1cc(C(=O)Nc2cccc(C)c2C)ccc1OC(F)F. The van der Waals surface area contributed by atoms with Gasteiger partial charge in [0.05, 0.1) is 7.11 Å². The van der Waals surface area contributed by atoms with Crippen molar-refractivity contribution in [2.45, 2.75) is 20.5 Å². The minimum atomic E-state index is -2.96. The summed E-state index contributed by atoms with van der Waals surface area (Å²) < 4.78 is 33.9. The average molecular weight is 321 g/mol. The van der Waals surface area contributed by atoms with E-state index in [1.165, 1.54) is 25.3 Å². The summed E-state index contributed by atoms with van der Waals surface area (Å²) in [6, 6.07) is 9.64. The molecule has 122 valence electrons. The molecule has 2 rings (SSSR count). The number of nitrogens with one attached hydrogen (secondary N) is 1. The number of aryl methyl sites for hydroxylation is 1. The maximum atomic E-state index is 12.3. The smallest absolute Gasteiger partial charge is 0.387 e. The lowest BCUT2D eigenvalue weighted by Crippen LogP contribution is -2.13. The van der Waals surface area contributed by atoms with Gasteiger partial charge in [-0.3, -0.25) is 4.79 Å². The third-order valence-corrected chi connectivity index (χ3v) is 3.49. The molecule has 1 amide bonds.